The van der Waals surface area contributed by atoms with Gasteiger partial charge in [0.05, 0.1) is 30.3 Å². The van der Waals surface area contributed by atoms with Gasteiger partial charge in [0.15, 0.2) is 11.5 Å². The molecule has 6 nitrogen and oxygen atoms in total. The molecule has 0 aromatic heterocycles. The van der Waals surface area contributed by atoms with Crippen LogP contribution in [0.1, 0.15) is 42.0 Å². The number of nitrogens with zero attached hydrogens (tertiary/aromatic N) is 1. The smallest absolute Gasteiger partial charge is 0.320 e. The number of hydrogen-bond acceptors (Lipinski definition) is 5. The fourth-order valence-corrected chi connectivity index (χ4v) is 5.15. The van der Waals surface area contributed by atoms with E-state index in [4.69, 9.17) is 37.4 Å². The van der Waals surface area contributed by atoms with E-state index in [1.807, 2.05) is 59.5 Å². The van der Waals surface area contributed by atoms with E-state index in [9.17, 15) is 9.90 Å². The Labute approximate surface area is 221 Å². The van der Waals surface area contributed by atoms with Crippen LogP contribution in [-0.4, -0.2) is 42.8 Å². The van der Waals surface area contributed by atoms with Crippen molar-refractivity contribution in [3.63, 3.8) is 0 Å². The van der Waals surface area contributed by atoms with Crippen LogP contribution in [-0.2, 0) is 11.4 Å². The van der Waals surface area contributed by atoms with Gasteiger partial charge in [0.25, 0.3) is 0 Å². The molecule has 0 radical (unpaired) electrons. The molecule has 2 atom stereocenters. The van der Waals surface area contributed by atoms with Gasteiger partial charge in [-0.15, -0.1) is 0 Å². The second-order valence-electron chi connectivity index (χ2n) is 8.66. The fraction of sp³-hybridized carbons (Fsp3) is 0.321. The Balaban J connectivity index is 1.82. The van der Waals surface area contributed by atoms with Crippen LogP contribution in [0.5, 0.6) is 17.2 Å². The molecule has 0 spiro atoms. The summed E-state index contributed by atoms with van der Waals surface area (Å²) in [5.41, 5.74) is 2.50. The molecule has 1 fully saturated rings. The average molecular weight is 530 g/mol. The van der Waals surface area contributed by atoms with Crippen molar-refractivity contribution in [3.05, 3.63) is 87.4 Å². The number of likely N-dealkylation sites (tertiary alicyclic amines) is 1. The molecule has 3 aromatic carbocycles. The summed E-state index contributed by atoms with van der Waals surface area (Å²) in [4.78, 5) is 14.2. The molecule has 0 amide bonds. The Bertz CT molecular complexity index is 1180. The van der Waals surface area contributed by atoms with Gasteiger partial charge in [-0.3, -0.25) is 9.69 Å². The highest BCUT2D eigenvalue weighted by Crippen LogP contribution is 2.45. The molecule has 8 heteroatoms. The zero-order valence-electron chi connectivity index (χ0n) is 20.2. The van der Waals surface area contributed by atoms with Gasteiger partial charge < -0.3 is 19.3 Å². The van der Waals surface area contributed by atoms with E-state index in [1.54, 1.807) is 20.3 Å². The standard InChI is InChI=1S/C28H29Cl2NO5/c1-34-23-15-19(16-24(35-2)27(23)36-17-18-9-4-3-5-10-18)26(20-11-8-12-21(29)25(20)30)31-14-7-6-13-22(31)28(32)33/h3-5,8-12,15-16,22,26H,6-7,13-14,17H2,1-2H3,(H,32,33). The van der Waals surface area contributed by atoms with Crippen molar-refractivity contribution >= 4 is 29.2 Å². The Morgan fingerprint density at radius 1 is 1.03 bits per heavy atom. The average Bonchev–Trinajstić information content (AvgIpc) is 2.90. The molecule has 2 unspecified atom stereocenters. The minimum Gasteiger partial charge on any atom is -0.493 e. The van der Waals surface area contributed by atoms with Gasteiger partial charge in [0.2, 0.25) is 5.75 Å². The van der Waals surface area contributed by atoms with Crippen molar-refractivity contribution in [2.45, 2.75) is 38.0 Å². The maximum absolute atomic E-state index is 12.2. The molecule has 190 valence electrons. The zero-order valence-corrected chi connectivity index (χ0v) is 21.8. The lowest BCUT2D eigenvalue weighted by atomic mass is 9.91. The lowest BCUT2D eigenvalue weighted by Crippen LogP contribution is -2.47. The molecule has 0 bridgehead atoms. The van der Waals surface area contributed by atoms with E-state index in [0.717, 1.165) is 29.5 Å². The highest BCUT2D eigenvalue weighted by atomic mass is 35.5. The van der Waals surface area contributed by atoms with Gasteiger partial charge in [-0.1, -0.05) is 72.1 Å². The van der Waals surface area contributed by atoms with Crippen LogP contribution in [0.3, 0.4) is 0 Å². The number of halogens is 2. The Kier molecular flexibility index (Phi) is 8.62. The summed E-state index contributed by atoms with van der Waals surface area (Å²) in [5, 5.41) is 10.8. The van der Waals surface area contributed by atoms with Gasteiger partial charge in [-0.25, -0.2) is 0 Å². The topological polar surface area (TPSA) is 68.2 Å². The second kappa shape index (κ2) is 11.9. The van der Waals surface area contributed by atoms with Gasteiger partial charge in [0.1, 0.15) is 12.6 Å². The van der Waals surface area contributed by atoms with E-state index in [1.165, 1.54) is 0 Å². The summed E-state index contributed by atoms with van der Waals surface area (Å²) in [6, 6.07) is 17.8. The van der Waals surface area contributed by atoms with Crippen molar-refractivity contribution in [3.8, 4) is 17.2 Å². The number of carbonyl (C=O) groups is 1. The zero-order chi connectivity index (χ0) is 25.7. The lowest BCUT2D eigenvalue weighted by Gasteiger charge is -2.40. The number of hydrogen-bond donors (Lipinski definition) is 1. The van der Waals surface area contributed by atoms with Crippen LogP contribution < -0.4 is 14.2 Å². The van der Waals surface area contributed by atoms with Gasteiger partial charge in [-0.05, 0) is 54.3 Å². The molecule has 36 heavy (non-hydrogen) atoms. The molecular formula is C28H29Cl2NO5. The maximum atomic E-state index is 12.2. The molecule has 1 N–H and O–H groups in total. The van der Waals surface area contributed by atoms with Crippen LogP contribution in [0.15, 0.2) is 60.7 Å². The lowest BCUT2D eigenvalue weighted by molar-refractivity contribution is -0.145. The highest BCUT2D eigenvalue weighted by molar-refractivity contribution is 6.42. The second-order valence-corrected chi connectivity index (χ2v) is 9.45. The summed E-state index contributed by atoms with van der Waals surface area (Å²) in [7, 11) is 3.13. The summed E-state index contributed by atoms with van der Waals surface area (Å²) >= 11 is 13.1. The Hall–Kier alpha value is -2.93. The third kappa shape index (κ3) is 5.56. The Morgan fingerprint density at radius 3 is 2.36 bits per heavy atom. The normalized spacial score (nSPS) is 16.8. The van der Waals surface area contributed by atoms with Crippen molar-refractivity contribution in [2.75, 3.05) is 20.8 Å². The first-order chi connectivity index (χ1) is 17.4. The van der Waals surface area contributed by atoms with Crippen LogP contribution in [0, 0.1) is 0 Å². The number of aliphatic carboxylic acids is 1. The van der Waals surface area contributed by atoms with Crippen molar-refractivity contribution in [1.29, 1.82) is 0 Å². The first kappa shape index (κ1) is 26.1. The molecule has 0 saturated carbocycles. The first-order valence-electron chi connectivity index (χ1n) is 11.8. The molecule has 1 saturated heterocycles. The number of rotatable bonds is 9. The van der Waals surface area contributed by atoms with Crippen LogP contribution in [0.2, 0.25) is 10.0 Å². The minimum absolute atomic E-state index is 0.337. The van der Waals surface area contributed by atoms with Crippen molar-refractivity contribution < 1.29 is 24.1 Å². The summed E-state index contributed by atoms with van der Waals surface area (Å²) in [6.45, 7) is 0.936. The third-order valence-electron chi connectivity index (χ3n) is 6.46. The largest absolute Gasteiger partial charge is 0.493 e. The van der Waals surface area contributed by atoms with E-state index >= 15 is 0 Å². The molecule has 1 aliphatic rings. The Morgan fingerprint density at radius 2 is 1.72 bits per heavy atom. The summed E-state index contributed by atoms with van der Waals surface area (Å²) in [6.07, 6.45) is 2.28. The fourth-order valence-electron chi connectivity index (χ4n) is 4.74. The number of carboxylic acids is 1. The monoisotopic (exact) mass is 529 g/mol. The molecule has 3 aromatic rings. The summed E-state index contributed by atoms with van der Waals surface area (Å²) in [5.74, 6) is 0.566. The predicted octanol–water partition coefficient (Wildman–Crippen LogP) is 6.62. The van der Waals surface area contributed by atoms with Gasteiger partial charge in [0, 0.05) is 0 Å². The quantitative estimate of drug-likeness (QED) is 0.336. The van der Waals surface area contributed by atoms with Crippen LogP contribution in [0.4, 0.5) is 0 Å². The molecule has 1 heterocycles. The van der Waals surface area contributed by atoms with E-state index in [-0.39, 0.29) is 0 Å². The van der Waals surface area contributed by atoms with Crippen molar-refractivity contribution in [1.82, 2.24) is 4.90 Å². The van der Waals surface area contributed by atoms with E-state index < -0.39 is 18.1 Å². The first-order valence-corrected chi connectivity index (χ1v) is 12.5. The highest BCUT2D eigenvalue weighted by Gasteiger charge is 2.37. The molecular weight excluding hydrogens is 501 g/mol. The number of piperidine rings is 1. The minimum atomic E-state index is -0.861. The molecule has 1 aliphatic heterocycles. The van der Waals surface area contributed by atoms with Crippen LogP contribution >= 0.6 is 23.2 Å². The van der Waals surface area contributed by atoms with Gasteiger partial charge >= 0.3 is 5.97 Å². The third-order valence-corrected chi connectivity index (χ3v) is 7.30. The number of ether oxygens (including phenoxy) is 3. The summed E-state index contributed by atoms with van der Waals surface area (Å²) < 4.78 is 17.6. The van der Waals surface area contributed by atoms with Gasteiger partial charge in [-0.2, -0.15) is 0 Å². The van der Waals surface area contributed by atoms with Crippen LogP contribution in [0.25, 0.3) is 0 Å². The molecule has 4 rings (SSSR count). The number of benzene rings is 3. The van der Waals surface area contributed by atoms with Crippen molar-refractivity contribution in [2.24, 2.45) is 0 Å². The predicted molar refractivity (Wildman–Crippen MR) is 141 cm³/mol. The van der Waals surface area contributed by atoms with E-state index in [0.29, 0.717) is 46.9 Å². The SMILES string of the molecule is COc1cc(C(c2cccc(Cl)c2Cl)N2CCCCC2C(=O)O)cc(OC)c1OCc1ccccc1. The molecule has 0 aliphatic carbocycles. The number of methoxy groups -OCH3 is 2. The number of carboxylic acid groups (broad SMARTS) is 1. The van der Waals surface area contributed by atoms with E-state index in [2.05, 4.69) is 0 Å². The maximum Gasteiger partial charge on any atom is 0.320 e.